The van der Waals surface area contributed by atoms with Gasteiger partial charge in [0.1, 0.15) is 0 Å². The number of aromatic nitrogens is 1. The predicted octanol–water partition coefficient (Wildman–Crippen LogP) is 4.52. The van der Waals surface area contributed by atoms with Crippen molar-refractivity contribution < 1.29 is 58.6 Å². The van der Waals surface area contributed by atoms with Crippen LogP contribution in [-0.4, -0.2) is 10.5 Å². The molecule has 0 saturated carbocycles. The molecule has 0 aliphatic rings. The molecule has 1 heterocycles. The zero-order valence-electron chi connectivity index (χ0n) is 14.0. The van der Waals surface area contributed by atoms with E-state index in [9.17, 15) is 4.79 Å². The summed E-state index contributed by atoms with van der Waals surface area (Å²) in [6.07, 6.45) is 0. The number of fused-ring (bicyclic) bond motifs is 1. The molecule has 4 nitrogen and oxygen atoms in total. The zero-order valence-corrected chi connectivity index (χ0v) is 19.7. The van der Waals surface area contributed by atoms with Gasteiger partial charge in [0.25, 0.3) is 0 Å². The minimum atomic E-state index is -0.169. The first kappa shape index (κ1) is 25.3. The molecular formula is C18H21N3OWY-2. The van der Waals surface area contributed by atoms with Crippen molar-refractivity contribution in [3.05, 3.63) is 73.4 Å². The van der Waals surface area contributed by atoms with E-state index in [2.05, 4.69) is 18.4 Å². The Morgan fingerprint density at radius 3 is 2.29 bits per heavy atom. The van der Waals surface area contributed by atoms with Gasteiger partial charge in [0, 0.05) is 59.5 Å². The Labute approximate surface area is 183 Å². The molecule has 0 spiro atoms. The quantitative estimate of drug-likeness (QED) is 0.447. The maximum atomic E-state index is 12.2. The number of nitrogens with zero attached hydrogens (tertiary/aromatic N) is 1. The molecule has 125 valence electrons. The molecular weight excluding hydrogens is 547 g/mol. The second kappa shape index (κ2) is 12.4. The number of amides is 1. The second-order valence-corrected chi connectivity index (χ2v) is 4.26. The molecule has 1 amide bonds. The summed E-state index contributed by atoms with van der Waals surface area (Å²) in [4.78, 5) is 12.2. The molecule has 0 aliphatic heterocycles. The smallest absolute Gasteiger partial charge is 0.214 e. The van der Waals surface area contributed by atoms with Crippen molar-refractivity contribution in [1.82, 2.24) is 10.7 Å². The molecule has 4 N–H and O–H groups in total. The molecule has 1 aromatic heterocycles. The average molecular weight is 568 g/mol. The molecule has 3 rings (SSSR count). The van der Waals surface area contributed by atoms with E-state index < -0.39 is 0 Å². The fourth-order valence-electron chi connectivity index (χ4n) is 2.06. The van der Waals surface area contributed by atoms with Crippen LogP contribution in [0.3, 0.4) is 0 Å². The molecule has 6 heteroatoms. The van der Waals surface area contributed by atoms with E-state index in [1.54, 1.807) is 28.8 Å². The van der Waals surface area contributed by atoms with Gasteiger partial charge in [0.15, 0.2) is 0 Å². The number of carbonyl (C=O) groups is 1. The Hall–Kier alpha value is -0.928. The molecule has 0 fully saturated rings. The van der Waals surface area contributed by atoms with Gasteiger partial charge in [-0.25, -0.2) is 0 Å². The van der Waals surface area contributed by atoms with Gasteiger partial charge in [-0.3, -0.25) is 4.79 Å². The van der Waals surface area contributed by atoms with Gasteiger partial charge in [-0.15, -0.1) is 19.2 Å². The largest absolute Gasteiger partial charge is 0.477 e. The summed E-state index contributed by atoms with van der Waals surface area (Å²) in [6.45, 7) is 4.00. The van der Waals surface area contributed by atoms with Crippen LogP contribution in [0.4, 0.5) is 5.69 Å². The van der Waals surface area contributed by atoms with Gasteiger partial charge < -0.3 is 16.0 Å². The molecule has 0 bridgehead atoms. The maximum absolute atomic E-state index is 12.2. The molecule has 0 aliphatic carbocycles. The number of benzene rings is 2. The van der Waals surface area contributed by atoms with Crippen LogP contribution in [0.25, 0.3) is 10.9 Å². The van der Waals surface area contributed by atoms with Crippen LogP contribution in [0.2, 0.25) is 0 Å². The summed E-state index contributed by atoms with van der Waals surface area (Å²) < 4.78 is 1.65. The van der Waals surface area contributed by atoms with E-state index in [4.69, 9.17) is 0 Å². The van der Waals surface area contributed by atoms with E-state index in [1.807, 2.05) is 44.2 Å². The van der Waals surface area contributed by atoms with Gasteiger partial charge in [-0.2, -0.15) is 18.2 Å². The van der Waals surface area contributed by atoms with Crippen LogP contribution >= 0.6 is 0 Å². The number of nitrogens with one attached hydrogen (secondary N) is 1. The fourth-order valence-corrected chi connectivity index (χ4v) is 2.06. The first-order chi connectivity index (χ1) is 10.3. The van der Waals surface area contributed by atoms with Crippen molar-refractivity contribution in [3.8, 4) is 0 Å². The summed E-state index contributed by atoms with van der Waals surface area (Å²) in [5, 5.41) is 3.84. The summed E-state index contributed by atoms with van der Waals surface area (Å²) in [5.41, 5.74) is 2.22. The number of rotatable bonds is 2. The Morgan fingerprint density at radius 1 is 1.12 bits per heavy atom. The van der Waals surface area contributed by atoms with E-state index in [-0.39, 0.29) is 65.8 Å². The zero-order chi connectivity index (χ0) is 15.2. The van der Waals surface area contributed by atoms with Crippen LogP contribution in [0.5, 0.6) is 0 Å². The normalized spacial score (nSPS) is 8.58. The third kappa shape index (κ3) is 5.86. The van der Waals surface area contributed by atoms with Crippen molar-refractivity contribution in [1.29, 1.82) is 0 Å². The minimum Gasteiger partial charge on any atom is -0.477 e. The number of para-hydroxylation sites is 1. The van der Waals surface area contributed by atoms with Gasteiger partial charge in [0.2, 0.25) is 5.91 Å². The van der Waals surface area contributed by atoms with Crippen LogP contribution in [0.15, 0.2) is 54.6 Å². The fraction of sp³-hybridized carbons (Fsp3) is 0.111. The predicted molar refractivity (Wildman–Crippen MR) is 92.3 cm³/mol. The van der Waals surface area contributed by atoms with E-state index in [0.717, 1.165) is 16.6 Å². The van der Waals surface area contributed by atoms with Crippen molar-refractivity contribution in [2.75, 3.05) is 5.32 Å². The summed E-state index contributed by atoms with van der Waals surface area (Å²) in [7, 11) is 3.92. The summed E-state index contributed by atoms with van der Waals surface area (Å²) in [6, 6.07) is 19.6. The number of hydrogen-bond acceptors (Lipinski definition) is 2. The van der Waals surface area contributed by atoms with E-state index >= 15 is 0 Å². The Bertz CT molecular complexity index is 744. The molecule has 0 atom stereocenters. The number of hydrogen-bond donors (Lipinski definition) is 2. The van der Waals surface area contributed by atoms with Gasteiger partial charge in [-0.1, -0.05) is 60.8 Å². The SMILES string of the molecule is CC.N.[CH2-]n1c(C(=O)Nc2cc[c-]cc2)cc2ccccc21.[W].[Y]. The van der Waals surface area contributed by atoms with Crippen LogP contribution in [0.1, 0.15) is 24.3 Å². The first-order valence-corrected chi connectivity index (χ1v) is 6.94. The van der Waals surface area contributed by atoms with Gasteiger partial charge >= 0.3 is 0 Å². The van der Waals surface area contributed by atoms with E-state index in [0.29, 0.717) is 5.69 Å². The molecule has 2 aromatic carbocycles. The average Bonchev–Trinajstić information content (AvgIpc) is 2.88. The summed E-state index contributed by atoms with van der Waals surface area (Å²) in [5.74, 6) is -0.169. The molecule has 3 aromatic rings. The first-order valence-electron chi connectivity index (χ1n) is 6.94. The van der Waals surface area contributed by atoms with E-state index in [1.165, 1.54) is 0 Å². The van der Waals surface area contributed by atoms with Gasteiger partial charge in [0.05, 0.1) is 0 Å². The molecule has 0 unspecified atom stereocenters. The summed E-state index contributed by atoms with van der Waals surface area (Å²) >= 11 is 0. The van der Waals surface area contributed by atoms with Crippen molar-refractivity contribution in [3.63, 3.8) is 0 Å². The molecule has 24 heavy (non-hydrogen) atoms. The Balaban J connectivity index is 0. The third-order valence-corrected chi connectivity index (χ3v) is 3.02. The van der Waals surface area contributed by atoms with Crippen molar-refractivity contribution >= 4 is 22.5 Å². The van der Waals surface area contributed by atoms with Crippen LogP contribution in [0, 0.1) is 13.1 Å². The standard InChI is InChI=1S/C16H12N2O.C2H6.H3N.W.Y/c1-18-14-10-6-5-7-12(14)11-15(18)16(19)17-13-8-3-2-4-9-13;1-2;;;/h3-11H,1H2,(H,17,19);1-2H3;1H3;;/q-2;;;;. The second-order valence-electron chi connectivity index (χ2n) is 4.26. The monoisotopic (exact) mass is 568 g/mol. The minimum absolute atomic E-state index is 0. The van der Waals surface area contributed by atoms with Crippen LogP contribution < -0.4 is 11.5 Å². The third-order valence-electron chi connectivity index (χ3n) is 3.02. The van der Waals surface area contributed by atoms with Crippen molar-refractivity contribution in [2.45, 2.75) is 13.8 Å². The molecule has 0 saturated heterocycles. The van der Waals surface area contributed by atoms with Gasteiger partial charge in [-0.05, 0) is 0 Å². The molecule has 1 radical (unpaired) electrons. The maximum Gasteiger partial charge on any atom is 0.214 e. The number of anilines is 1. The Morgan fingerprint density at radius 2 is 1.71 bits per heavy atom. The van der Waals surface area contributed by atoms with Crippen LogP contribution in [-0.2, 0) is 53.8 Å². The van der Waals surface area contributed by atoms with Crippen molar-refractivity contribution in [2.24, 2.45) is 0 Å². The number of carbonyl (C=O) groups excluding carboxylic acids is 1. The Kier molecular flexibility index (Phi) is 13.1. The topological polar surface area (TPSA) is 69.0 Å².